The van der Waals surface area contributed by atoms with Crippen molar-refractivity contribution in [3.8, 4) is 0 Å². The Morgan fingerprint density at radius 3 is 2.07 bits per heavy atom. The number of nitrogens with one attached hydrogen (secondary N) is 2. The minimum Gasteiger partial charge on any atom is -0.326 e. The van der Waals surface area contributed by atoms with Crippen molar-refractivity contribution in [3.63, 3.8) is 0 Å². The normalized spacial score (nSPS) is 12.2. The third-order valence-electron chi connectivity index (χ3n) is 3.97. The highest BCUT2D eigenvalue weighted by Crippen LogP contribution is 2.28. The van der Waals surface area contributed by atoms with Gasteiger partial charge in [0.15, 0.2) is 0 Å². The maximum absolute atomic E-state index is 12.7. The fourth-order valence-corrected chi connectivity index (χ4v) is 4.08. The van der Waals surface area contributed by atoms with E-state index in [1.807, 2.05) is 0 Å². The van der Waals surface area contributed by atoms with Crippen molar-refractivity contribution in [1.29, 1.82) is 0 Å². The molecule has 2 rings (SSSR count). The molecule has 2 N–H and O–H groups in total. The molecule has 150 valence electrons. The van der Waals surface area contributed by atoms with Crippen molar-refractivity contribution in [1.82, 2.24) is 0 Å². The Balaban J connectivity index is 2.27. The Morgan fingerprint density at radius 1 is 1.04 bits per heavy atom. The Labute approximate surface area is 169 Å². The molecule has 0 saturated carbocycles. The number of nitrogens with zero attached hydrogens (tertiary/aromatic N) is 1. The van der Waals surface area contributed by atoms with Crippen LogP contribution in [0.15, 0.2) is 42.5 Å². The first-order valence-electron chi connectivity index (χ1n) is 8.43. The fourth-order valence-electron chi connectivity index (χ4n) is 2.69. The second-order valence-electron chi connectivity index (χ2n) is 6.41. The lowest BCUT2D eigenvalue weighted by Crippen LogP contribution is -2.45. The van der Waals surface area contributed by atoms with Crippen molar-refractivity contribution < 1.29 is 18.0 Å². The van der Waals surface area contributed by atoms with Crippen LogP contribution in [-0.4, -0.2) is 32.5 Å². The van der Waals surface area contributed by atoms with E-state index < -0.39 is 22.0 Å². The molecule has 0 spiro atoms. The molecule has 0 aliphatic heterocycles. The minimum atomic E-state index is -3.75. The van der Waals surface area contributed by atoms with Gasteiger partial charge < -0.3 is 10.6 Å². The molecule has 0 saturated heterocycles. The summed E-state index contributed by atoms with van der Waals surface area (Å²) in [5, 5.41) is 5.69. The summed E-state index contributed by atoms with van der Waals surface area (Å²) in [7, 11) is -3.75. The molecule has 0 heterocycles. The Morgan fingerprint density at radius 2 is 1.57 bits per heavy atom. The van der Waals surface area contributed by atoms with Crippen molar-refractivity contribution in [2.24, 2.45) is 0 Å². The number of rotatable bonds is 6. The van der Waals surface area contributed by atoms with Gasteiger partial charge in [-0.1, -0.05) is 17.7 Å². The summed E-state index contributed by atoms with van der Waals surface area (Å²) >= 11 is 6.02. The van der Waals surface area contributed by atoms with E-state index in [-0.39, 0.29) is 5.91 Å². The number of carbonyl (C=O) groups is 2. The van der Waals surface area contributed by atoms with Crippen LogP contribution >= 0.6 is 11.6 Å². The third kappa shape index (κ3) is 5.46. The van der Waals surface area contributed by atoms with Gasteiger partial charge in [0.25, 0.3) is 0 Å². The minimum absolute atomic E-state index is 0.203. The Bertz CT molecular complexity index is 991. The number of amides is 2. The van der Waals surface area contributed by atoms with Gasteiger partial charge in [0.2, 0.25) is 21.8 Å². The van der Waals surface area contributed by atoms with Gasteiger partial charge in [-0.3, -0.25) is 13.9 Å². The molecule has 0 fully saturated rings. The first kappa shape index (κ1) is 21.7. The number of sulfonamides is 1. The van der Waals surface area contributed by atoms with Crippen LogP contribution in [0.5, 0.6) is 0 Å². The van der Waals surface area contributed by atoms with Crippen LogP contribution in [0.2, 0.25) is 5.02 Å². The smallest absolute Gasteiger partial charge is 0.247 e. The van der Waals surface area contributed by atoms with Gasteiger partial charge >= 0.3 is 0 Å². The number of anilines is 3. The molecule has 0 unspecified atom stereocenters. The van der Waals surface area contributed by atoms with Crippen molar-refractivity contribution in [2.45, 2.75) is 26.8 Å². The van der Waals surface area contributed by atoms with Crippen molar-refractivity contribution >= 4 is 50.5 Å². The first-order chi connectivity index (χ1) is 13.0. The predicted octanol–water partition coefficient (Wildman–Crippen LogP) is 3.40. The van der Waals surface area contributed by atoms with Gasteiger partial charge in [0, 0.05) is 23.3 Å². The second-order valence-corrected chi connectivity index (χ2v) is 8.71. The van der Waals surface area contributed by atoms with Gasteiger partial charge in [-0.05, 0) is 55.8 Å². The fraction of sp³-hybridized carbons (Fsp3) is 0.263. The van der Waals surface area contributed by atoms with Crippen LogP contribution in [-0.2, 0) is 19.6 Å². The number of aryl methyl sites for hydroxylation is 1. The lowest BCUT2D eigenvalue weighted by Gasteiger charge is -2.29. The summed E-state index contributed by atoms with van der Waals surface area (Å²) in [6, 6.07) is 10.4. The highest BCUT2D eigenvalue weighted by molar-refractivity contribution is 7.92. The quantitative estimate of drug-likeness (QED) is 0.744. The highest BCUT2D eigenvalue weighted by atomic mass is 35.5. The lowest BCUT2D eigenvalue weighted by molar-refractivity contribution is -0.117. The molecular formula is C19H22ClN3O4S. The Hall–Kier alpha value is -2.58. The molecule has 2 aromatic carbocycles. The van der Waals surface area contributed by atoms with E-state index in [1.165, 1.54) is 19.9 Å². The van der Waals surface area contributed by atoms with Crippen LogP contribution in [0.25, 0.3) is 0 Å². The van der Waals surface area contributed by atoms with Gasteiger partial charge in [0.1, 0.15) is 6.04 Å². The largest absolute Gasteiger partial charge is 0.326 e. The van der Waals surface area contributed by atoms with Gasteiger partial charge in [0.05, 0.1) is 11.9 Å². The molecule has 28 heavy (non-hydrogen) atoms. The van der Waals surface area contributed by atoms with Crippen molar-refractivity contribution in [2.75, 3.05) is 21.2 Å². The van der Waals surface area contributed by atoms with Crippen LogP contribution in [0.4, 0.5) is 17.1 Å². The maximum Gasteiger partial charge on any atom is 0.247 e. The molecule has 2 amide bonds. The molecule has 9 heteroatoms. The van der Waals surface area contributed by atoms with Crippen LogP contribution in [0.1, 0.15) is 19.4 Å². The molecule has 0 aliphatic rings. The zero-order valence-corrected chi connectivity index (χ0v) is 17.6. The zero-order chi connectivity index (χ0) is 21.1. The highest BCUT2D eigenvalue weighted by Gasteiger charge is 2.30. The molecule has 0 radical (unpaired) electrons. The first-order valence-corrected chi connectivity index (χ1v) is 10.7. The monoisotopic (exact) mass is 423 g/mol. The van der Waals surface area contributed by atoms with E-state index >= 15 is 0 Å². The number of carbonyl (C=O) groups excluding carboxylic acids is 2. The molecule has 0 aliphatic carbocycles. The topological polar surface area (TPSA) is 95.6 Å². The zero-order valence-electron chi connectivity index (χ0n) is 16.0. The summed E-state index contributed by atoms with van der Waals surface area (Å²) in [6.07, 6.45) is 1.04. The summed E-state index contributed by atoms with van der Waals surface area (Å²) < 4.78 is 25.9. The molecule has 2 aromatic rings. The summed E-state index contributed by atoms with van der Waals surface area (Å²) in [6.45, 7) is 4.65. The molecule has 7 nitrogen and oxygen atoms in total. The van der Waals surface area contributed by atoms with E-state index in [1.54, 1.807) is 43.3 Å². The van der Waals surface area contributed by atoms with Gasteiger partial charge in [-0.15, -0.1) is 0 Å². The van der Waals surface area contributed by atoms with E-state index in [9.17, 15) is 18.0 Å². The molecule has 0 bridgehead atoms. The third-order valence-corrected chi connectivity index (χ3v) is 5.43. The van der Waals surface area contributed by atoms with E-state index in [0.717, 1.165) is 10.6 Å². The summed E-state index contributed by atoms with van der Waals surface area (Å²) in [5.74, 6) is -0.705. The van der Waals surface area contributed by atoms with Crippen LogP contribution in [0.3, 0.4) is 0 Å². The van der Waals surface area contributed by atoms with Crippen LogP contribution < -0.4 is 14.9 Å². The van der Waals surface area contributed by atoms with Crippen LogP contribution in [0, 0.1) is 6.92 Å². The number of hydrogen-bond donors (Lipinski definition) is 2. The van der Waals surface area contributed by atoms with E-state index in [2.05, 4.69) is 10.6 Å². The van der Waals surface area contributed by atoms with E-state index in [4.69, 9.17) is 11.6 Å². The maximum atomic E-state index is 12.7. The van der Waals surface area contributed by atoms with Gasteiger partial charge in [-0.25, -0.2) is 8.42 Å². The second kappa shape index (κ2) is 8.62. The molecular weight excluding hydrogens is 402 g/mol. The average molecular weight is 424 g/mol. The number of benzene rings is 2. The SMILES string of the molecule is CC(=O)Nc1ccc(NC(=O)[C@@H](C)N(c2cc(Cl)ccc2C)S(C)(=O)=O)cc1. The number of halogens is 1. The molecule has 1 atom stereocenters. The number of hydrogen-bond acceptors (Lipinski definition) is 4. The van der Waals surface area contributed by atoms with Crippen molar-refractivity contribution in [3.05, 3.63) is 53.1 Å². The average Bonchev–Trinajstić information content (AvgIpc) is 2.58. The summed E-state index contributed by atoms with van der Waals surface area (Å²) in [5.41, 5.74) is 2.08. The standard InChI is InChI=1S/C19H22ClN3O4S/c1-12-5-6-15(20)11-18(12)23(28(4,26)27)13(2)19(25)22-17-9-7-16(8-10-17)21-14(3)24/h5-11,13H,1-4H3,(H,21,24)(H,22,25)/t13-/m1/s1. The predicted molar refractivity (Wildman–Crippen MR) is 112 cm³/mol. The Kier molecular flexibility index (Phi) is 6.69. The lowest BCUT2D eigenvalue weighted by atomic mass is 10.1. The van der Waals surface area contributed by atoms with Gasteiger partial charge in [-0.2, -0.15) is 0 Å². The van der Waals surface area contributed by atoms with E-state index in [0.29, 0.717) is 27.6 Å². The summed E-state index contributed by atoms with van der Waals surface area (Å²) in [4.78, 5) is 23.8. The molecule has 0 aromatic heterocycles.